The van der Waals surface area contributed by atoms with Crippen LogP contribution in [0.25, 0.3) is 0 Å². The fourth-order valence-electron chi connectivity index (χ4n) is 0.463. The van der Waals surface area contributed by atoms with Gasteiger partial charge in [-0.25, -0.2) is 4.79 Å². The zero-order valence-corrected chi connectivity index (χ0v) is 10.5. The van der Waals surface area contributed by atoms with E-state index in [1.807, 2.05) is 0 Å². The highest BCUT2D eigenvalue weighted by Crippen LogP contribution is 1.87. The van der Waals surface area contributed by atoms with Crippen molar-refractivity contribution in [2.24, 2.45) is 0 Å². The second kappa shape index (κ2) is 10.4. The molecule has 0 amide bonds. The first-order chi connectivity index (χ1) is 6.53. The maximum atomic E-state index is 10.2. The third kappa shape index (κ3) is 9.40. The van der Waals surface area contributed by atoms with Crippen LogP contribution in [0.2, 0.25) is 0 Å². The molecule has 0 aromatic rings. The Morgan fingerprint density at radius 3 is 1.43 bits per heavy atom. The van der Waals surface area contributed by atoms with Gasteiger partial charge in [0.25, 0.3) is 0 Å². The van der Waals surface area contributed by atoms with Crippen molar-refractivity contribution >= 4 is 15.5 Å². The molecule has 0 unspecified atom stereocenters. The summed E-state index contributed by atoms with van der Waals surface area (Å²) < 4.78 is 18.5. The minimum atomic E-state index is -1.67. The van der Waals surface area contributed by atoms with Gasteiger partial charge in [0.2, 0.25) is 0 Å². The normalized spacial score (nSPS) is 9.00. The second-order valence-electron chi connectivity index (χ2n) is 2.27. The van der Waals surface area contributed by atoms with Gasteiger partial charge in [-0.05, 0) is 6.92 Å². The number of ether oxygens (including phenoxy) is 1. The summed E-state index contributed by atoms with van der Waals surface area (Å²) in [5.41, 5.74) is 0.433. The monoisotopic (exact) mass is 222 g/mol. The topological polar surface area (TPSA) is 54.0 Å². The molecule has 0 saturated carbocycles. The number of carbonyl (C=O) groups is 1. The lowest BCUT2D eigenvalue weighted by molar-refractivity contribution is -0.136. The maximum Gasteiger partial charge on any atom is 0.483 e. The standard InChI is InChI=1S/C5H8O2.C3H10O3Si/c1-4(2)5(6)7-3;1-4-7(5-2)6-3/h1H2,2-3H3;7H,1-3H3. The Morgan fingerprint density at radius 1 is 1.07 bits per heavy atom. The minimum Gasteiger partial charge on any atom is -0.466 e. The van der Waals surface area contributed by atoms with Gasteiger partial charge in [0.1, 0.15) is 0 Å². The van der Waals surface area contributed by atoms with Crippen LogP contribution >= 0.6 is 0 Å². The summed E-state index contributed by atoms with van der Waals surface area (Å²) >= 11 is 0. The van der Waals surface area contributed by atoms with Gasteiger partial charge in [-0.1, -0.05) is 6.58 Å². The zero-order valence-electron chi connectivity index (χ0n) is 9.33. The van der Waals surface area contributed by atoms with E-state index in [1.165, 1.54) is 7.11 Å². The van der Waals surface area contributed by atoms with Gasteiger partial charge < -0.3 is 18.0 Å². The Morgan fingerprint density at radius 2 is 1.43 bits per heavy atom. The van der Waals surface area contributed by atoms with Crippen LogP contribution in [0.15, 0.2) is 12.2 Å². The molecule has 84 valence electrons. The lowest BCUT2D eigenvalue weighted by Gasteiger charge is -2.05. The molecule has 14 heavy (non-hydrogen) atoms. The fraction of sp³-hybridized carbons (Fsp3) is 0.625. The summed E-state index contributed by atoms with van der Waals surface area (Å²) in [5.74, 6) is -0.347. The third-order valence-corrected chi connectivity index (χ3v) is 2.27. The number of carbonyl (C=O) groups excluding carboxylic acids is 1. The van der Waals surface area contributed by atoms with Crippen LogP contribution in [-0.2, 0) is 22.8 Å². The summed E-state index contributed by atoms with van der Waals surface area (Å²) in [5, 5.41) is 0. The molecule has 0 radical (unpaired) electrons. The van der Waals surface area contributed by atoms with E-state index in [2.05, 4.69) is 11.3 Å². The van der Waals surface area contributed by atoms with Crippen molar-refractivity contribution < 1.29 is 22.8 Å². The summed E-state index contributed by atoms with van der Waals surface area (Å²) in [6, 6.07) is 0. The van der Waals surface area contributed by atoms with Crippen LogP contribution in [0.3, 0.4) is 0 Å². The molecule has 6 heteroatoms. The number of methoxy groups -OCH3 is 1. The predicted octanol–water partition coefficient (Wildman–Crippen LogP) is 0.378. The molecule has 0 aliphatic heterocycles. The highest BCUT2D eigenvalue weighted by atomic mass is 28.3. The van der Waals surface area contributed by atoms with Crippen molar-refractivity contribution in [2.45, 2.75) is 6.92 Å². The fourth-order valence-corrected chi connectivity index (χ4v) is 1.04. The van der Waals surface area contributed by atoms with E-state index in [4.69, 9.17) is 13.3 Å². The SMILES string of the molecule is C=C(C)C(=O)OC.CO[SiH](OC)OC. The van der Waals surface area contributed by atoms with E-state index in [0.29, 0.717) is 5.57 Å². The van der Waals surface area contributed by atoms with Crippen LogP contribution in [-0.4, -0.2) is 43.9 Å². The number of hydrogen-bond acceptors (Lipinski definition) is 5. The van der Waals surface area contributed by atoms with E-state index in [1.54, 1.807) is 28.3 Å². The number of hydrogen-bond donors (Lipinski definition) is 0. The van der Waals surface area contributed by atoms with Crippen molar-refractivity contribution in [1.29, 1.82) is 0 Å². The Kier molecular flexibility index (Phi) is 11.7. The van der Waals surface area contributed by atoms with Crippen molar-refractivity contribution in [2.75, 3.05) is 28.4 Å². The molecule has 0 aliphatic carbocycles. The molecule has 0 fully saturated rings. The molecule has 5 nitrogen and oxygen atoms in total. The lowest BCUT2D eigenvalue weighted by Crippen LogP contribution is -2.21. The average molecular weight is 222 g/mol. The molecule has 0 aromatic heterocycles. The predicted molar refractivity (Wildman–Crippen MR) is 55.0 cm³/mol. The van der Waals surface area contributed by atoms with Gasteiger partial charge in [-0.2, -0.15) is 0 Å². The summed E-state index contributed by atoms with van der Waals surface area (Å²) in [6.07, 6.45) is 0. The van der Waals surface area contributed by atoms with E-state index < -0.39 is 9.53 Å². The first kappa shape index (κ1) is 15.8. The molecular formula is C8H18O5Si. The molecular weight excluding hydrogens is 204 g/mol. The van der Waals surface area contributed by atoms with Crippen LogP contribution in [0.1, 0.15) is 6.92 Å². The maximum absolute atomic E-state index is 10.2. The number of rotatable bonds is 4. The first-order valence-electron chi connectivity index (χ1n) is 3.85. The van der Waals surface area contributed by atoms with Crippen LogP contribution in [0.4, 0.5) is 0 Å². The highest BCUT2D eigenvalue weighted by molar-refractivity contribution is 6.36. The van der Waals surface area contributed by atoms with E-state index >= 15 is 0 Å². The molecule has 0 spiro atoms. The summed E-state index contributed by atoms with van der Waals surface area (Å²) in [6.45, 7) is 4.95. The van der Waals surface area contributed by atoms with Gasteiger partial charge in [0.05, 0.1) is 7.11 Å². The molecule has 0 bridgehead atoms. The molecule has 0 atom stereocenters. The van der Waals surface area contributed by atoms with Gasteiger partial charge >= 0.3 is 15.5 Å². The van der Waals surface area contributed by atoms with E-state index in [0.717, 1.165) is 0 Å². The smallest absolute Gasteiger partial charge is 0.466 e. The second-order valence-corrected chi connectivity index (χ2v) is 4.26. The van der Waals surface area contributed by atoms with Crippen molar-refractivity contribution in [3.8, 4) is 0 Å². The lowest BCUT2D eigenvalue weighted by atomic mass is 10.4. The van der Waals surface area contributed by atoms with Crippen LogP contribution in [0.5, 0.6) is 0 Å². The van der Waals surface area contributed by atoms with Crippen molar-refractivity contribution in [3.63, 3.8) is 0 Å². The quantitative estimate of drug-likeness (QED) is 0.391. The highest BCUT2D eigenvalue weighted by Gasteiger charge is 2.04. The van der Waals surface area contributed by atoms with Gasteiger partial charge in [-0.15, -0.1) is 0 Å². The minimum absolute atomic E-state index is 0.347. The Hall–Kier alpha value is -0.693. The number of esters is 1. The first-order valence-corrected chi connectivity index (χ1v) is 5.27. The van der Waals surface area contributed by atoms with Crippen LogP contribution < -0.4 is 0 Å². The molecule has 0 heterocycles. The largest absolute Gasteiger partial charge is 0.483 e. The van der Waals surface area contributed by atoms with Crippen LogP contribution in [0, 0.1) is 0 Å². The summed E-state index contributed by atoms with van der Waals surface area (Å²) in [4.78, 5) is 10.2. The Labute approximate surface area is 86.6 Å². The van der Waals surface area contributed by atoms with Gasteiger partial charge in [-0.3, -0.25) is 0 Å². The molecule has 0 N–H and O–H groups in total. The van der Waals surface area contributed by atoms with Gasteiger partial charge in [0, 0.05) is 26.9 Å². The van der Waals surface area contributed by atoms with Gasteiger partial charge in [0.15, 0.2) is 0 Å². The molecule has 0 saturated heterocycles. The van der Waals surface area contributed by atoms with Crippen molar-refractivity contribution in [3.05, 3.63) is 12.2 Å². The Bertz CT molecular complexity index is 162. The zero-order chi connectivity index (χ0) is 11.6. The third-order valence-electron chi connectivity index (χ3n) is 1.11. The van der Waals surface area contributed by atoms with E-state index in [-0.39, 0.29) is 5.97 Å². The van der Waals surface area contributed by atoms with E-state index in [9.17, 15) is 4.79 Å². The van der Waals surface area contributed by atoms with Crippen molar-refractivity contribution in [1.82, 2.24) is 0 Å². The average Bonchev–Trinajstić information content (AvgIpc) is 2.20. The summed E-state index contributed by atoms with van der Waals surface area (Å²) in [7, 11) is 4.38. The molecule has 0 aromatic carbocycles. The molecule has 0 aliphatic rings. The Balaban J connectivity index is 0. The molecule has 0 rings (SSSR count).